The second-order valence-electron chi connectivity index (χ2n) is 3.19. The summed E-state index contributed by atoms with van der Waals surface area (Å²) in [6, 6.07) is 7.75. The van der Waals surface area contributed by atoms with E-state index < -0.39 is 0 Å². The molecule has 5 nitrogen and oxygen atoms in total. The Morgan fingerprint density at radius 3 is 2.47 bits per heavy atom. The van der Waals surface area contributed by atoms with Gasteiger partial charge in [-0.05, 0) is 17.7 Å². The van der Waals surface area contributed by atoms with Gasteiger partial charge in [-0.3, -0.25) is 0 Å². The molecule has 0 atom stereocenters. The van der Waals surface area contributed by atoms with Gasteiger partial charge in [-0.1, -0.05) is 12.1 Å². The molecule has 15 heavy (non-hydrogen) atoms. The van der Waals surface area contributed by atoms with Crippen molar-refractivity contribution < 1.29 is 4.74 Å². The molecule has 1 rings (SSSR count). The minimum atomic E-state index is 0.311. The maximum absolute atomic E-state index is 5.55. The third-order valence-corrected chi connectivity index (χ3v) is 2.10. The highest BCUT2D eigenvalue weighted by Crippen LogP contribution is 2.12. The van der Waals surface area contributed by atoms with Crippen LogP contribution in [0, 0.1) is 0 Å². The average molecular weight is 208 g/mol. The lowest BCUT2D eigenvalue weighted by Crippen LogP contribution is -2.34. The Labute approximate surface area is 89.3 Å². The van der Waals surface area contributed by atoms with Crippen LogP contribution in [0.25, 0.3) is 0 Å². The topological polar surface area (TPSA) is 76.9 Å². The second-order valence-corrected chi connectivity index (χ2v) is 3.19. The number of nitrogens with two attached hydrogens (primary N) is 2. The van der Waals surface area contributed by atoms with Gasteiger partial charge in [0.2, 0.25) is 5.96 Å². The molecule has 0 amide bonds. The van der Waals surface area contributed by atoms with E-state index in [2.05, 4.69) is 5.10 Å². The van der Waals surface area contributed by atoms with Gasteiger partial charge < -0.3 is 21.2 Å². The summed E-state index contributed by atoms with van der Waals surface area (Å²) in [7, 11) is 3.47. The Bertz CT molecular complexity index is 334. The first kappa shape index (κ1) is 11.2. The molecule has 82 valence electrons. The first-order valence-corrected chi connectivity index (χ1v) is 4.54. The Hall–Kier alpha value is -1.91. The van der Waals surface area contributed by atoms with Crippen LogP contribution in [-0.2, 0) is 6.54 Å². The summed E-state index contributed by atoms with van der Waals surface area (Å²) in [5, 5.41) is 3.41. The van der Waals surface area contributed by atoms with Gasteiger partial charge in [0.25, 0.3) is 0 Å². The van der Waals surface area contributed by atoms with E-state index in [9.17, 15) is 0 Å². The van der Waals surface area contributed by atoms with Crippen molar-refractivity contribution in [2.45, 2.75) is 6.54 Å². The van der Waals surface area contributed by atoms with Gasteiger partial charge in [-0.15, -0.1) is 5.10 Å². The number of hydrogen-bond donors (Lipinski definition) is 2. The van der Waals surface area contributed by atoms with Crippen molar-refractivity contribution in [2.24, 2.45) is 16.7 Å². The number of hydrazone groups is 1. The van der Waals surface area contributed by atoms with Gasteiger partial charge >= 0.3 is 0 Å². The maximum Gasteiger partial charge on any atom is 0.213 e. The standard InChI is InChI=1S/C10H16N4O/c1-14(10(11)13-12)7-8-3-5-9(15-2)6-4-8/h3-6H,7,12H2,1-2H3,(H2,11,13). The fourth-order valence-corrected chi connectivity index (χ4v) is 1.18. The number of benzene rings is 1. The first-order valence-electron chi connectivity index (χ1n) is 4.54. The van der Waals surface area contributed by atoms with Crippen LogP contribution >= 0.6 is 0 Å². The lowest BCUT2D eigenvalue weighted by Gasteiger charge is -2.17. The number of nitrogens with zero attached hydrogens (tertiary/aromatic N) is 2. The van der Waals surface area contributed by atoms with Gasteiger partial charge in [0.15, 0.2) is 0 Å². The summed E-state index contributed by atoms with van der Waals surface area (Å²) in [5.41, 5.74) is 6.66. The van der Waals surface area contributed by atoms with Crippen LogP contribution < -0.4 is 16.3 Å². The normalized spacial score (nSPS) is 11.2. The van der Waals surface area contributed by atoms with Crippen molar-refractivity contribution in [2.75, 3.05) is 14.2 Å². The van der Waals surface area contributed by atoms with Crippen molar-refractivity contribution in [3.8, 4) is 5.75 Å². The largest absolute Gasteiger partial charge is 0.497 e. The van der Waals surface area contributed by atoms with E-state index in [1.807, 2.05) is 31.3 Å². The van der Waals surface area contributed by atoms with E-state index in [1.54, 1.807) is 12.0 Å². The Morgan fingerprint density at radius 1 is 1.40 bits per heavy atom. The molecule has 0 aliphatic carbocycles. The van der Waals surface area contributed by atoms with E-state index in [0.29, 0.717) is 12.5 Å². The second kappa shape index (κ2) is 5.09. The van der Waals surface area contributed by atoms with Crippen LogP contribution in [0.4, 0.5) is 0 Å². The smallest absolute Gasteiger partial charge is 0.213 e. The van der Waals surface area contributed by atoms with E-state index in [1.165, 1.54) is 0 Å². The van der Waals surface area contributed by atoms with Crippen LogP contribution in [0.15, 0.2) is 29.4 Å². The number of guanidine groups is 1. The van der Waals surface area contributed by atoms with Crippen LogP contribution in [0.3, 0.4) is 0 Å². The Balaban J connectivity index is 2.65. The van der Waals surface area contributed by atoms with Gasteiger partial charge in [0, 0.05) is 13.6 Å². The van der Waals surface area contributed by atoms with Crippen molar-refractivity contribution in [1.29, 1.82) is 0 Å². The van der Waals surface area contributed by atoms with E-state index >= 15 is 0 Å². The molecule has 1 aromatic carbocycles. The molecular weight excluding hydrogens is 192 g/mol. The number of ether oxygens (including phenoxy) is 1. The molecule has 0 saturated heterocycles. The van der Waals surface area contributed by atoms with Crippen molar-refractivity contribution in [1.82, 2.24) is 4.90 Å². The van der Waals surface area contributed by atoms with Gasteiger partial charge in [-0.25, -0.2) is 0 Å². The molecule has 5 heteroatoms. The van der Waals surface area contributed by atoms with E-state index in [0.717, 1.165) is 11.3 Å². The number of hydrogen-bond acceptors (Lipinski definition) is 3. The predicted molar refractivity (Wildman–Crippen MR) is 60.3 cm³/mol. The fraction of sp³-hybridized carbons (Fsp3) is 0.300. The monoisotopic (exact) mass is 208 g/mol. The maximum atomic E-state index is 5.55. The van der Waals surface area contributed by atoms with E-state index in [-0.39, 0.29) is 0 Å². The third kappa shape index (κ3) is 3.05. The Kier molecular flexibility index (Phi) is 3.79. The summed E-state index contributed by atoms with van der Waals surface area (Å²) >= 11 is 0. The van der Waals surface area contributed by atoms with Crippen molar-refractivity contribution >= 4 is 5.96 Å². The molecule has 0 aliphatic rings. The van der Waals surface area contributed by atoms with E-state index in [4.69, 9.17) is 16.3 Å². The van der Waals surface area contributed by atoms with Crippen LogP contribution in [-0.4, -0.2) is 25.0 Å². The molecule has 0 spiro atoms. The zero-order valence-corrected chi connectivity index (χ0v) is 8.97. The molecule has 0 radical (unpaired) electrons. The lowest BCUT2D eigenvalue weighted by atomic mass is 10.2. The molecule has 0 fully saturated rings. The lowest BCUT2D eigenvalue weighted by molar-refractivity contribution is 0.414. The quantitative estimate of drug-likeness (QED) is 0.324. The van der Waals surface area contributed by atoms with Gasteiger partial charge in [0.05, 0.1) is 7.11 Å². The predicted octanol–water partition coefficient (Wildman–Crippen LogP) is 0.315. The minimum absolute atomic E-state index is 0.311. The highest BCUT2D eigenvalue weighted by atomic mass is 16.5. The zero-order valence-electron chi connectivity index (χ0n) is 8.97. The van der Waals surface area contributed by atoms with Gasteiger partial charge in [0.1, 0.15) is 5.75 Å². The molecule has 0 saturated carbocycles. The van der Waals surface area contributed by atoms with Crippen molar-refractivity contribution in [3.63, 3.8) is 0 Å². The molecule has 0 aromatic heterocycles. The van der Waals surface area contributed by atoms with Gasteiger partial charge in [-0.2, -0.15) is 0 Å². The van der Waals surface area contributed by atoms with Crippen LogP contribution in [0.1, 0.15) is 5.56 Å². The molecular formula is C10H16N4O. The average Bonchev–Trinajstić information content (AvgIpc) is 2.29. The SMILES string of the molecule is COc1ccc(CN(C)C(N)=NN)cc1. The van der Waals surface area contributed by atoms with Crippen LogP contribution in [0.5, 0.6) is 5.75 Å². The zero-order chi connectivity index (χ0) is 11.3. The highest BCUT2D eigenvalue weighted by molar-refractivity contribution is 5.77. The summed E-state index contributed by atoms with van der Waals surface area (Å²) in [6.07, 6.45) is 0. The summed E-state index contributed by atoms with van der Waals surface area (Å²) in [4.78, 5) is 1.77. The highest BCUT2D eigenvalue weighted by Gasteiger charge is 2.02. The molecule has 0 aliphatic heterocycles. The molecule has 0 heterocycles. The molecule has 0 unspecified atom stereocenters. The third-order valence-electron chi connectivity index (χ3n) is 2.10. The minimum Gasteiger partial charge on any atom is -0.497 e. The fourth-order valence-electron chi connectivity index (χ4n) is 1.18. The molecule has 4 N–H and O–H groups in total. The number of methoxy groups -OCH3 is 1. The summed E-state index contributed by atoms with van der Waals surface area (Å²) in [5.74, 6) is 6.22. The summed E-state index contributed by atoms with van der Waals surface area (Å²) < 4.78 is 5.06. The molecule has 0 bridgehead atoms. The molecule has 1 aromatic rings. The van der Waals surface area contributed by atoms with Crippen molar-refractivity contribution in [3.05, 3.63) is 29.8 Å². The Morgan fingerprint density at radius 2 is 2.00 bits per heavy atom. The first-order chi connectivity index (χ1) is 7.17. The number of rotatable bonds is 3. The summed E-state index contributed by atoms with van der Waals surface area (Å²) in [6.45, 7) is 0.663. The van der Waals surface area contributed by atoms with Crippen LogP contribution in [0.2, 0.25) is 0 Å².